The van der Waals surface area contributed by atoms with Crippen LogP contribution in [0.2, 0.25) is 0 Å². The third-order valence-electron chi connectivity index (χ3n) is 2.35. The van der Waals surface area contributed by atoms with Gasteiger partial charge in [0.15, 0.2) is 9.84 Å². The van der Waals surface area contributed by atoms with Crippen LogP contribution in [0.4, 0.5) is 0 Å². The maximum Gasteiger partial charge on any atom is 0.215 e. The number of rotatable bonds is 4. The highest BCUT2D eigenvalue weighted by Gasteiger charge is 2.37. The molecule has 0 bridgehead atoms. The first-order chi connectivity index (χ1) is 6.77. The van der Waals surface area contributed by atoms with Gasteiger partial charge in [-0.1, -0.05) is 0 Å². The van der Waals surface area contributed by atoms with Crippen molar-refractivity contribution in [3.05, 3.63) is 0 Å². The third kappa shape index (κ3) is 3.40. The molecule has 0 aliphatic carbocycles. The van der Waals surface area contributed by atoms with Crippen LogP contribution in [0, 0.1) is 0 Å². The van der Waals surface area contributed by atoms with Gasteiger partial charge in [0.25, 0.3) is 0 Å². The standard InChI is InChI=1S/C7H16N2O4S2/c1-6(4-8)9-15(12,13)7-2-3-14(10,11)5-7/h6-7,9H,2-5,8H2,1H3. The highest BCUT2D eigenvalue weighted by atomic mass is 32.2. The summed E-state index contributed by atoms with van der Waals surface area (Å²) < 4.78 is 47.9. The number of hydrogen-bond acceptors (Lipinski definition) is 5. The molecule has 0 aromatic heterocycles. The lowest BCUT2D eigenvalue weighted by Gasteiger charge is -2.15. The van der Waals surface area contributed by atoms with Gasteiger partial charge in [0, 0.05) is 12.6 Å². The molecular formula is C7H16N2O4S2. The molecular weight excluding hydrogens is 240 g/mol. The summed E-state index contributed by atoms with van der Waals surface area (Å²) in [5, 5.41) is -0.823. The maximum atomic E-state index is 11.7. The molecule has 0 amide bonds. The van der Waals surface area contributed by atoms with E-state index in [9.17, 15) is 16.8 Å². The second-order valence-corrected chi connectivity index (χ2v) is 8.05. The summed E-state index contributed by atoms with van der Waals surface area (Å²) in [6, 6.07) is -0.363. The molecule has 0 aromatic carbocycles. The number of nitrogens with two attached hydrogens (primary N) is 1. The van der Waals surface area contributed by atoms with Crippen molar-refractivity contribution in [2.24, 2.45) is 5.73 Å². The molecule has 0 saturated carbocycles. The van der Waals surface area contributed by atoms with Crippen LogP contribution in [0.3, 0.4) is 0 Å². The van der Waals surface area contributed by atoms with Crippen LogP contribution >= 0.6 is 0 Å². The molecule has 90 valence electrons. The van der Waals surface area contributed by atoms with Gasteiger partial charge in [0.2, 0.25) is 10.0 Å². The van der Waals surface area contributed by atoms with Crippen molar-refractivity contribution in [1.29, 1.82) is 0 Å². The van der Waals surface area contributed by atoms with Crippen LogP contribution in [0.5, 0.6) is 0 Å². The molecule has 2 atom stereocenters. The van der Waals surface area contributed by atoms with Crippen molar-refractivity contribution in [2.45, 2.75) is 24.6 Å². The Bertz CT molecular complexity index is 414. The Labute approximate surface area is 90.2 Å². The molecule has 3 N–H and O–H groups in total. The van der Waals surface area contributed by atoms with E-state index in [0.29, 0.717) is 0 Å². The minimum atomic E-state index is -3.55. The highest BCUT2D eigenvalue weighted by Crippen LogP contribution is 2.18. The van der Waals surface area contributed by atoms with Crippen LogP contribution in [-0.4, -0.2) is 46.2 Å². The Morgan fingerprint density at radius 3 is 2.53 bits per heavy atom. The molecule has 1 saturated heterocycles. The largest absolute Gasteiger partial charge is 0.329 e. The molecule has 1 heterocycles. The normalized spacial score (nSPS) is 27.7. The predicted octanol–water partition coefficient (Wildman–Crippen LogP) is -1.56. The summed E-state index contributed by atoms with van der Waals surface area (Å²) >= 11 is 0. The quantitative estimate of drug-likeness (QED) is 0.632. The second kappa shape index (κ2) is 4.36. The van der Waals surface area contributed by atoms with Crippen LogP contribution in [0.1, 0.15) is 13.3 Å². The van der Waals surface area contributed by atoms with Gasteiger partial charge in [-0.05, 0) is 13.3 Å². The Morgan fingerprint density at radius 2 is 2.13 bits per heavy atom. The van der Waals surface area contributed by atoms with Gasteiger partial charge in [-0.3, -0.25) is 0 Å². The average Bonchev–Trinajstić information content (AvgIpc) is 2.45. The summed E-state index contributed by atoms with van der Waals surface area (Å²) in [7, 11) is -6.72. The Kier molecular flexibility index (Phi) is 3.75. The van der Waals surface area contributed by atoms with Crippen molar-refractivity contribution in [1.82, 2.24) is 4.72 Å². The van der Waals surface area contributed by atoms with Crippen molar-refractivity contribution in [2.75, 3.05) is 18.1 Å². The Morgan fingerprint density at radius 1 is 1.53 bits per heavy atom. The van der Waals surface area contributed by atoms with E-state index in [1.54, 1.807) is 6.92 Å². The fraction of sp³-hybridized carbons (Fsp3) is 1.00. The molecule has 6 nitrogen and oxygen atoms in total. The molecule has 0 spiro atoms. The molecule has 1 rings (SSSR count). The minimum absolute atomic E-state index is 0.0460. The molecule has 0 radical (unpaired) electrons. The number of sulfone groups is 1. The van der Waals surface area contributed by atoms with E-state index < -0.39 is 25.1 Å². The summed E-state index contributed by atoms with van der Waals surface area (Å²) in [5.74, 6) is -0.324. The summed E-state index contributed by atoms with van der Waals surface area (Å²) in [6.45, 7) is 1.83. The molecule has 0 aromatic rings. The molecule has 1 fully saturated rings. The monoisotopic (exact) mass is 256 g/mol. The second-order valence-electron chi connectivity index (χ2n) is 3.82. The van der Waals surface area contributed by atoms with Gasteiger partial charge in [-0.2, -0.15) is 0 Å². The van der Waals surface area contributed by atoms with Gasteiger partial charge in [-0.25, -0.2) is 21.6 Å². The lowest BCUT2D eigenvalue weighted by atomic mass is 10.4. The lowest BCUT2D eigenvalue weighted by molar-refractivity contribution is 0.550. The zero-order valence-electron chi connectivity index (χ0n) is 8.51. The lowest BCUT2D eigenvalue weighted by Crippen LogP contribution is -2.43. The zero-order chi connectivity index (χ0) is 11.7. The van der Waals surface area contributed by atoms with E-state index in [-0.39, 0.29) is 30.5 Å². The van der Waals surface area contributed by atoms with Gasteiger partial charge < -0.3 is 5.73 Å². The van der Waals surface area contributed by atoms with Gasteiger partial charge in [-0.15, -0.1) is 0 Å². The molecule has 1 aliphatic heterocycles. The topological polar surface area (TPSA) is 106 Å². The van der Waals surface area contributed by atoms with Gasteiger partial charge >= 0.3 is 0 Å². The SMILES string of the molecule is CC(CN)NS(=O)(=O)C1CCS(=O)(=O)C1. The summed E-state index contributed by atoms with van der Waals surface area (Å²) in [5.41, 5.74) is 5.29. The van der Waals surface area contributed by atoms with Crippen molar-refractivity contribution >= 4 is 19.9 Å². The number of nitrogens with one attached hydrogen (secondary N) is 1. The first-order valence-electron chi connectivity index (χ1n) is 4.68. The average molecular weight is 256 g/mol. The zero-order valence-corrected chi connectivity index (χ0v) is 10.1. The highest BCUT2D eigenvalue weighted by molar-refractivity contribution is 7.95. The van der Waals surface area contributed by atoms with E-state index in [2.05, 4.69) is 4.72 Å². The predicted molar refractivity (Wildman–Crippen MR) is 57.6 cm³/mol. The van der Waals surface area contributed by atoms with E-state index in [1.807, 2.05) is 0 Å². The fourth-order valence-corrected chi connectivity index (χ4v) is 5.74. The molecule has 8 heteroatoms. The molecule has 15 heavy (non-hydrogen) atoms. The fourth-order valence-electron chi connectivity index (χ4n) is 1.43. The minimum Gasteiger partial charge on any atom is -0.329 e. The van der Waals surface area contributed by atoms with Crippen LogP contribution in [-0.2, 0) is 19.9 Å². The first kappa shape index (κ1) is 12.9. The summed E-state index contributed by atoms with van der Waals surface area (Å²) in [6.07, 6.45) is 0.176. The Hall–Kier alpha value is -0.180. The number of hydrogen-bond donors (Lipinski definition) is 2. The Balaban J connectivity index is 2.72. The van der Waals surface area contributed by atoms with Crippen molar-refractivity contribution in [3.8, 4) is 0 Å². The molecule has 1 aliphatic rings. The maximum absolute atomic E-state index is 11.7. The molecule has 2 unspecified atom stereocenters. The van der Waals surface area contributed by atoms with E-state index in [0.717, 1.165) is 0 Å². The van der Waals surface area contributed by atoms with Crippen LogP contribution in [0.25, 0.3) is 0 Å². The van der Waals surface area contributed by atoms with Gasteiger partial charge in [0.05, 0.1) is 16.8 Å². The first-order valence-corrected chi connectivity index (χ1v) is 8.05. The number of sulfonamides is 1. The van der Waals surface area contributed by atoms with Crippen LogP contribution in [0.15, 0.2) is 0 Å². The summed E-state index contributed by atoms with van der Waals surface area (Å²) in [4.78, 5) is 0. The smallest absolute Gasteiger partial charge is 0.215 e. The van der Waals surface area contributed by atoms with Gasteiger partial charge in [0.1, 0.15) is 0 Å². The van der Waals surface area contributed by atoms with E-state index in [1.165, 1.54) is 0 Å². The van der Waals surface area contributed by atoms with Crippen molar-refractivity contribution in [3.63, 3.8) is 0 Å². The third-order valence-corrected chi connectivity index (χ3v) is 6.34. The van der Waals surface area contributed by atoms with Crippen molar-refractivity contribution < 1.29 is 16.8 Å². The van der Waals surface area contributed by atoms with Crippen LogP contribution < -0.4 is 10.5 Å². The van der Waals surface area contributed by atoms with E-state index in [4.69, 9.17) is 5.73 Å². The van der Waals surface area contributed by atoms with E-state index >= 15 is 0 Å².